The molecule has 2 aliphatic carbocycles. The summed E-state index contributed by atoms with van der Waals surface area (Å²) in [6, 6.07) is 1.33. The summed E-state index contributed by atoms with van der Waals surface area (Å²) in [6.45, 7) is 2.32. The fourth-order valence-corrected chi connectivity index (χ4v) is 3.64. The molecule has 2 atom stereocenters. The van der Waals surface area contributed by atoms with Crippen LogP contribution in [0.4, 0.5) is 0 Å². The lowest BCUT2D eigenvalue weighted by Crippen LogP contribution is -2.50. The van der Waals surface area contributed by atoms with E-state index in [0.717, 1.165) is 51.2 Å². The van der Waals surface area contributed by atoms with Gasteiger partial charge in [0.05, 0.1) is 5.92 Å². The third-order valence-electron chi connectivity index (χ3n) is 5.10. The van der Waals surface area contributed by atoms with Crippen LogP contribution in [0.5, 0.6) is 0 Å². The van der Waals surface area contributed by atoms with Crippen LogP contribution in [0.15, 0.2) is 0 Å². The number of rotatable bonds is 3. The molecule has 1 aliphatic heterocycles. The van der Waals surface area contributed by atoms with Crippen LogP contribution in [0.1, 0.15) is 51.4 Å². The molecule has 0 aromatic heterocycles. The zero-order chi connectivity index (χ0) is 13.2. The Morgan fingerprint density at radius 1 is 1.00 bits per heavy atom. The summed E-state index contributed by atoms with van der Waals surface area (Å²) in [5.41, 5.74) is 6.09. The largest absolute Gasteiger partial charge is 0.353 e. The van der Waals surface area contributed by atoms with E-state index in [-0.39, 0.29) is 17.9 Å². The summed E-state index contributed by atoms with van der Waals surface area (Å²) >= 11 is 0. The maximum Gasteiger partial charge on any atom is 0.224 e. The normalized spacial score (nSPS) is 34.2. The highest BCUT2D eigenvalue weighted by Crippen LogP contribution is 2.29. The first kappa shape index (κ1) is 13.4. The van der Waals surface area contributed by atoms with Crippen molar-refractivity contribution in [1.29, 1.82) is 0 Å². The molecule has 3 aliphatic rings. The first-order valence-corrected chi connectivity index (χ1v) is 8.04. The van der Waals surface area contributed by atoms with E-state index in [2.05, 4.69) is 10.2 Å². The van der Waals surface area contributed by atoms with Gasteiger partial charge in [0.15, 0.2) is 0 Å². The lowest BCUT2D eigenvalue weighted by Gasteiger charge is -2.34. The molecule has 4 nitrogen and oxygen atoms in total. The lowest BCUT2D eigenvalue weighted by molar-refractivity contribution is -0.127. The number of amides is 1. The van der Waals surface area contributed by atoms with Gasteiger partial charge in [-0.25, -0.2) is 0 Å². The Kier molecular flexibility index (Phi) is 4.08. The van der Waals surface area contributed by atoms with Crippen molar-refractivity contribution < 1.29 is 4.79 Å². The van der Waals surface area contributed by atoms with Crippen LogP contribution < -0.4 is 11.1 Å². The van der Waals surface area contributed by atoms with E-state index in [4.69, 9.17) is 5.73 Å². The van der Waals surface area contributed by atoms with Gasteiger partial charge in [-0.15, -0.1) is 0 Å². The van der Waals surface area contributed by atoms with Crippen molar-refractivity contribution in [2.24, 2.45) is 11.7 Å². The number of nitrogens with two attached hydrogens (primary N) is 1. The highest BCUT2D eigenvalue weighted by molar-refractivity contribution is 5.79. The van der Waals surface area contributed by atoms with Crippen LogP contribution in [0, 0.1) is 5.92 Å². The van der Waals surface area contributed by atoms with Crippen molar-refractivity contribution in [3.8, 4) is 0 Å². The van der Waals surface area contributed by atoms with Crippen molar-refractivity contribution in [2.75, 3.05) is 13.1 Å². The van der Waals surface area contributed by atoms with E-state index in [1.165, 1.54) is 19.3 Å². The zero-order valence-electron chi connectivity index (χ0n) is 11.8. The number of carbonyl (C=O) groups excluding carboxylic acids is 1. The average molecular weight is 265 g/mol. The molecule has 3 N–H and O–H groups in total. The van der Waals surface area contributed by atoms with Crippen LogP contribution in [0.2, 0.25) is 0 Å². The Labute approximate surface area is 116 Å². The maximum absolute atomic E-state index is 12.3. The minimum absolute atomic E-state index is 0.0650. The van der Waals surface area contributed by atoms with Gasteiger partial charge in [-0.05, 0) is 38.5 Å². The van der Waals surface area contributed by atoms with Gasteiger partial charge in [-0.1, -0.05) is 12.8 Å². The van der Waals surface area contributed by atoms with Crippen molar-refractivity contribution >= 4 is 5.91 Å². The molecule has 19 heavy (non-hydrogen) atoms. The molecule has 3 rings (SSSR count). The van der Waals surface area contributed by atoms with Gasteiger partial charge in [0.2, 0.25) is 5.91 Å². The molecule has 0 aromatic carbocycles. The number of hydrogen-bond donors (Lipinski definition) is 2. The summed E-state index contributed by atoms with van der Waals surface area (Å²) in [5.74, 6) is 0.285. The van der Waals surface area contributed by atoms with Crippen molar-refractivity contribution in [3.63, 3.8) is 0 Å². The van der Waals surface area contributed by atoms with Crippen LogP contribution in [0.25, 0.3) is 0 Å². The molecule has 0 bridgehead atoms. The first-order valence-electron chi connectivity index (χ1n) is 8.04. The van der Waals surface area contributed by atoms with Crippen LogP contribution in [-0.4, -0.2) is 42.0 Å². The molecule has 2 saturated carbocycles. The molecular weight excluding hydrogens is 238 g/mol. The molecule has 1 heterocycles. The van der Waals surface area contributed by atoms with Crippen molar-refractivity contribution in [1.82, 2.24) is 10.2 Å². The topological polar surface area (TPSA) is 58.4 Å². The second-order valence-electron chi connectivity index (χ2n) is 6.60. The zero-order valence-corrected chi connectivity index (χ0v) is 11.8. The Morgan fingerprint density at radius 2 is 1.68 bits per heavy atom. The molecule has 0 spiro atoms. The number of nitrogens with one attached hydrogen (secondary N) is 1. The van der Waals surface area contributed by atoms with E-state index in [0.29, 0.717) is 6.04 Å². The monoisotopic (exact) mass is 265 g/mol. The Hall–Kier alpha value is -0.610. The predicted molar refractivity (Wildman–Crippen MR) is 75.7 cm³/mol. The minimum Gasteiger partial charge on any atom is -0.353 e. The van der Waals surface area contributed by atoms with Gasteiger partial charge in [-0.3, -0.25) is 4.79 Å². The molecule has 108 valence electrons. The van der Waals surface area contributed by atoms with E-state index in [1.807, 2.05) is 0 Å². The van der Waals surface area contributed by atoms with Gasteiger partial charge >= 0.3 is 0 Å². The van der Waals surface area contributed by atoms with Gasteiger partial charge in [-0.2, -0.15) is 0 Å². The van der Waals surface area contributed by atoms with Gasteiger partial charge in [0.1, 0.15) is 0 Å². The minimum atomic E-state index is 0.0650. The van der Waals surface area contributed by atoms with Gasteiger partial charge in [0, 0.05) is 31.2 Å². The molecule has 0 aromatic rings. The molecule has 4 heteroatoms. The third-order valence-corrected chi connectivity index (χ3v) is 5.10. The summed E-state index contributed by atoms with van der Waals surface area (Å²) < 4.78 is 0. The molecule has 1 saturated heterocycles. The van der Waals surface area contributed by atoms with Gasteiger partial charge in [0.25, 0.3) is 0 Å². The van der Waals surface area contributed by atoms with Crippen molar-refractivity contribution in [3.05, 3.63) is 0 Å². The fourth-order valence-electron chi connectivity index (χ4n) is 3.64. The Balaban J connectivity index is 1.44. The predicted octanol–water partition coefficient (Wildman–Crippen LogP) is 1.25. The number of carbonyl (C=O) groups is 1. The second-order valence-corrected chi connectivity index (χ2v) is 6.60. The highest BCUT2D eigenvalue weighted by Gasteiger charge is 2.34. The number of nitrogens with zero attached hydrogens (tertiary/aromatic N) is 1. The molecule has 1 amide bonds. The van der Waals surface area contributed by atoms with Crippen LogP contribution in [0.3, 0.4) is 0 Å². The molecule has 3 fully saturated rings. The SMILES string of the molecule is NC1CCCCC1C(=O)NC1CCN(C2CC2)CC1. The van der Waals surface area contributed by atoms with Crippen molar-refractivity contribution in [2.45, 2.75) is 69.5 Å². The number of likely N-dealkylation sites (tertiary alicyclic amines) is 1. The maximum atomic E-state index is 12.3. The van der Waals surface area contributed by atoms with Gasteiger partial charge < -0.3 is 16.0 Å². The smallest absolute Gasteiger partial charge is 0.224 e. The Bertz CT molecular complexity index is 321. The van der Waals surface area contributed by atoms with Crippen LogP contribution >= 0.6 is 0 Å². The van der Waals surface area contributed by atoms with Crippen LogP contribution in [-0.2, 0) is 4.79 Å². The van der Waals surface area contributed by atoms with E-state index < -0.39 is 0 Å². The summed E-state index contributed by atoms with van der Waals surface area (Å²) in [4.78, 5) is 14.9. The molecule has 0 radical (unpaired) electrons. The highest BCUT2D eigenvalue weighted by atomic mass is 16.2. The molecular formula is C15H27N3O. The average Bonchev–Trinajstić information content (AvgIpc) is 3.24. The van der Waals surface area contributed by atoms with E-state index >= 15 is 0 Å². The second kappa shape index (κ2) is 5.80. The summed E-state index contributed by atoms with van der Waals surface area (Å²) in [6.07, 6.45) is 9.33. The lowest BCUT2D eigenvalue weighted by atomic mass is 9.84. The standard InChI is InChI=1S/C15H27N3O/c16-14-4-2-1-3-13(14)15(19)17-11-7-9-18(10-8-11)12-5-6-12/h11-14H,1-10,16H2,(H,17,19). The summed E-state index contributed by atoms with van der Waals surface area (Å²) in [7, 11) is 0. The first-order chi connectivity index (χ1) is 9.24. The van der Waals surface area contributed by atoms with E-state index in [9.17, 15) is 4.79 Å². The quantitative estimate of drug-likeness (QED) is 0.807. The summed E-state index contributed by atoms with van der Waals surface area (Å²) in [5, 5.41) is 3.25. The Morgan fingerprint density at radius 3 is 2.32 bits per heavy atom. The van der Waals surface area contributed by atoms with E-state index in [1.54, 1.807) is 0 Å². The fraction of sp³-hybridized carbons (Fsp3) is 0.933. The number of hydrogen-bond acceptors (Lipinski definition) is 3. The third kappa shape index (κ3) is 3.29. The molecule has 2 unspecified atom stereocenters. The number of piperidine rings is 1.